The molecule has 0 bridgehead atoms. The molecule has 0 saturated heterocycles. The molecule has 194 valence electrons. The van der Waals surface area contributed by atoms with E-state index in [-0.39, 0.29) is 12.4 Å². The second-order valence-electron chi connectivity index (χ2n) is 8.26. The number of hydrogen-bond donors (Lipinski definition) is 6. The Morgan fingerprint density at radius 1 is 0.515 bits per heavy atom. The Bertz CT molecular complexity index is 526. The highest BCUT2D eigenvalue weighted by molar-refractivity contribution is 5.85. The molecule has 1 aromatic rings. The summed E-state index contributed by atoms with van der Waals surface area (Å²) in [5.41, 5.74) is 5.48. The first-order valence-electron chi connectivity index (χ1n) is 12.8. The first-order chi connectivity index (χ1) is 15.8. The van der Waals surface area contributed by atoms with Crippen molar-refractivity contribution in [3.05, 3.63) is 0 Å². The van der Waals surface area contributed by atoms with E-state index in [1.54, 1.807) is 14.1 Å². The fraction of sp³-hybridized carbons (Fsp3) is 0.870. The van der Waals surface area contributed by atoms with E-state index >= 15 is 0 Å². The predicted octanol–water partition coefficient (Wildman–Crippen LogP) is 3.61. The van der Waals surface area contributed by atoms with Crippen LogP contribution in [-0.2, 0) is 0 Å². The zero-order valence-electron chi connectivity index (χ0n) is 21.1. The topological polar surface area (TPSA) is 125 Å². The minimum absolute atomic E-state index is 0. The Kier molecular flexibility index (Phi) is 22.7. The zero-order chi connectivity index (χ0) is 23.1. The molecule has 0 aliphatic rings. The molecule has 33 heavy (non-hydrogen) atoms. The van der Waals surface area contributed by atoms with Crippen molar-refractivity contribution < 1.29 is 0 Å². The smallest absolute Gasteiger partial charge is 0.229 e. The molecule has 0 unspecified atom stereocenters. The first-order valence-corrected chi connectivity index (χ1v) is 12.8. The Morgan fingerprint density at radius 2 is 0.909 bits per heavy atom. The normalized spacial score (nSPS) is 10.6. The van der Waals surface area contributed by atoms with E-state index < -0.39 is 0 Å². The van der Waals surface area contributed by atoms with Crippen molar-refractivity contribution in [2.45, 2.75) is 77.0 Å². The maximum absolute atomic E-state index is 5.48. The number of halogens is 1. The number of anilines is 3. The lowest BCUT2D eigenvalue weighted by Gasteiger charge is -2.09. The van der Waals surface area contributed by atoms with Crippen LogP contribution in [0.15, 0.2) is 0 Å². The molecule has 0 radical (unpaired) electrons. The highest BCUT2D eigenvalue weighted by Crippen LogP contribution is 2.10. The SMILES string of the molecule is CNc1nc(NC)nc(NCCCNCCCCCCCCCCCCNCCCN)n1.Cl. The molecule has 1 rings (SSSR count). The molecule has 0 atom stereocenters. The highest BCUT2D eigenvalue weighted by atomic mass is 35.5. The van der Waals surface area contributed by atoms with Gasteiger partial charge in [-0.25, -0.2) is 0 Å². The Labute approximate surface area is 208 Å². The highest BCUT2D eigenvalue weighted by Gasteiger charge is 2.03. The van der Waals surface area contributed by atoms with Gasteiger partial charge in [0.05, 0.1) is 0 Å². The number of nitrogens with zero attached hydrogens (tertiary/aromatic N) is 3. The van der Waals surface area contributed by atoms with Gasteiger partial charge in [-0.3, -0.25) is 0 Å². The fourth-order valence-electron chi connectivity index (χ4n) is 3.48. The number of unbranched alkanes of at least 4 members (excludes halogenated alkanes) is 9. The summed E-state index contributed by atoms with van der Waals surface area (Å²) in [6.07, 6.45) is 15.8. The van der Waals surface area contributed by atoms with E-state index in [1.807, 2.05) is 0 Å². The maximum Gasteiger partial charge on any atom is 0.229 e. The molecular formula is C23H50ClN9. The zero-order valence-corrected chi connectivity index (χ0v) is 21.9. The summed E-state index contributed by atoms with van der Waals surface area (Å²) in [5, 5.41) is 16.1. The van der Waals surface area contributed by atoms with Crippen LogP contribution in [0.2, 0.25) is 0 Å². The van der Waals surface area contributed by atoms with Gasteiger partial charge in [0.15, 0.2) is 0 Å². The molecule has 0 aliphatic heterocycles. The standard InChI is InChI=1S/C23H49N9.ClH/c1-25-21-30-22(26-2)32-23(31-21)29-20-14-19-28-17-12-10-8-6-4-3-5-7-9-11-16-27-18-13-15-24;/h27-28H,3-20,24H2,1-2H3,(H3,25,26,29,30,31,32);1H. The van der Waals surface area contributed by atoms with Gasteiger partial charge in [-0.15, -0.1) is 12.4 Å². The van der Waals surface area contributed by atoms with Crippen molar-refractivity contribution in [1.29, 1.82) is 0 Å². The van der Waals surface area contributed by atoms with Gasteiger partial charge in [0.2, 0.25) is 17.8 Å². The van der Waals surface area contributed by atoms with Crippen molar-refractivity contribution >= 4 is 30.3 Å². The minimum Gasteiger partial charge on any atom is -0.357 e. The molecule has 1 heterocycles. The van der Waals surface area contributed by atoms with E-state index in [2.05, 4.69) is 41.5 Å². The van der Waals surface area contributed by atoms with E-state index in [4.69, 9.17) is 5.73 Å². The van der Waals surface area contributed by atoms with Crippen molar-refractivity contribution in [2.24, 2.45) is 5.73 Å². The molecule has 7 N–H and O–H groups in total. The Hall–Kier alpha value is -1.42. The number of hydrogen-bond acceptors (Lipinski definition) is 9. The molecule has 0 spiro atoms. The Morgan fingerprint density at radius 3 is 1.36 bits per heavy atom. The van der Waals surface area contributed by atoms with E-state index in [1.165, 1.54) is 64.2 Å². The predicted molar refractivity (Wildman–Crippen MR) is 145 cm³/mol. The number of aromatic nitrogens is 3. The second kappa shape index (κ2) is 23.7. The number of nitrogens with two attached hydrogens (primary N) is 1. The van der Waals surface area contributed by atoms with Gasteiger partial charge in [-0.2, -0.15) is 15.0 Å². The average molecular weight is 488 g/mol. The Balaban J connectivity index is 0.0000102. The molecule has 0 amide bonds. The third-order valence-electron chi connectivity index (χ3n) is 5.41. The molecular weight excluding hydrogens is 438 g/mol. The number of rotatable bonds is 23. The van der Waals surface area contributed by atoms with Crippen LogP contribution in [0.25, 0.3) is 0 Å². The lowest BCUT2D eigenvalue weighted by molar-refractivity contribution is 0.531. The molecule has 0 fully saturated rings. The van der Waals surface area contributed by atoms with Gasteiger partial charge < -0.3 is 32.3 Å². The summed E-state index contributed by atoms with van der Waals surface area (Å²) in [5.74, 6) is 1.73. The summed E-state index contributed by atoms with van der Waals surface area (Å²) in [6.45, 7) is 5.98. The molecule has 10 heteroatoms. The van der Waals surface area contributed by atoms with Gasteiger partial charge in [0, 0.05) is 20.6 Å². The quantitative estimate of drug-likeness (QED) is 0.128. The monoisotopic (exact) mass is 487 g/mol. The van der Waals surface area contributed by atoms with Crippen molar-refractivity contribution in [2.75, 3.05) is 69.3 Å². The van der Waals surface area contributed by atoms with Crippen LogP contribution in [-0.4, -0.2) is 68.3 Å². The molecule has 1 aromatic heterocycles. The number of nitrogens with one attached hydrogen (secondary N) is 5. The van der Waals surface area contributed by atoms with Crippen LogP contribution in [0.3, 0.4) is 0 Å². The van der Waals surface area contributed by atoms with Crippen LogP contribution in [0, 0.1) is 0 Å². The molecule has 0 aliphatic carbocycles. The van der Waals surface area contributed by atoms with E-state index in [0.29, 0.717) is 17.8 Å². The van der Waals surface area contributed by atoms with Crippen LogP contribution in [0.1, 0.15) is 77.0 Å². The molecule has 0 aromatic carbocycles. The van der Waals surface area contributed by atoms with Gasteiger partial charge in [-0.05, 0) is 58.4 Å². The van der Waals surface area contributed by atoms with Crippen molar-refractivity contribution in [3.8, 4) is 0 Å². The summed E-state index contributed by atoms with van der Waals surface area (Å²) in [6, 6.07) is 0. The van der Waals surface area contributed by atoms with Crippen LogP contribution >= 0.6 is 12.4 Å². The van der Waals surface area contributed by atoms with Crippen molar-refractivity contribution in [3.63, 3.8) is 0 Å². The lowest BCUT2D eigenvalue weighted by atomic mass is 10.1. The van der Waals surface area contributed by atoms with Gasteiger partial charge in [-0.1, -0.05) is 51.4 Å². The van der Waals surface area contributed by atoms with Crippen LogP contribution in [0.4, 0.5) is 17.8 Å². The fourth-order valence-corrected chi connectivity index (χ4v) is 3.48. The third kappa shape index (κ3) is 18.7. The van der Waals surface area contributed by atoms with Crippen molar-refractivity contribution in [1.82, 2.24) is 25.6 Å². The summed E-state index contributed by atoms with van der Waals surface area (Å²) in [7, 11) is 3.60. The summed E-state index contributed by atoms with van der Waals surface area (Å²) < 4.78 is 0. The van der Waals surface area contributed by atoms with E-state index in [9.17, 15) is 0 Å². The molecule has 9 nitrogen and oxygen atoms in total. The van der Waals surface area contributed by atoms with E-state index in [0.717, 1.165) is 52.1 Å². The summed E-state index contributed by atoms with van der Waals surface area (Å²) in [4.78, 5) is 12.8. The van der Waals surface area contributed by atoms with Crippen LogP contribution in [0.5, 0.6) is 0 Å². The first kappa shape index (κ1) is 31.6. The largest absolute Gasteiger partial charge is 0.357 e. The average Bonchev–Trinajstić information content (AvgIpc) is 2.82. The minimum atomic E-state index is 0. The third-order valence-corrected chi connectivity index (χ3v) is 5.41. The summed E-state index contributed by atoms with van der Waals surface area (Å²) >= 11 is 0. The van der Waals surface area contributed by atoms with Gasteiger partial charge in [0.25, 0.3) is 0 Å². The van der Waals surface area contributed by atoms with Crippen LogP contribution < -0.4 is 32.3 Å². The molecule has 0 saturated carbocycles. The van der Waals surface area contributed by atoms with Gasteiger partial charge >= 0.3 is 0 Å². The lowest BCUT2D eigenvalue weighted by Crippen LogP contribution is -2.20. The van der Waals surface area contributed by atoms with Gasteiger partial charge in [0.1, 0.15) is 0 Å². The second-order valence-corrected chi connectivity index (χ2v) is 8.26. The maximum atomic E-state index is 5.48.